The summed E-state index contributed by atoms with van der Waals surface area (Å²) in [5.74, 6) is 0. The fourth-order valence-corrected chi connectivity index (χ4v) is 3.86. The third kappa shape index (κ3) is 3.38. The molecule has 2 aromatic rings. The summed E-state index contributed by atoms with van der Waals surface area (Å²) in [5.41, 5.74) is 5.42. The minimum absolute atomic E-state index is 0.166. The van der Waals surface area contributed by atoms with Crippen LogP contribution in [-0.2, 0) is 0 Å². The van der Waals surface area contributed by atoms with Crippen molar-refractivity contribution in [2.75, 3.05) is 60.9 Å². The van der Waals surface area contributed by atoms with Crippen LogP contribution in [-0.4, -0.2) is 58.8 Å². The SMILES string of the molecule is CN(C)c1ccc2c(c1)N(C)C(N=Nc1ccc(N3CCC(O)C3)cc1)N2C. The van der Waals surface area contributed by atoms with Crippen molar-refractivity contribution in [1.82, 2.24) is 0 Å². The molecule has 0 amide bonds. The zero-order chi connectivity index (χ0) is 19.8. The van der Waals surface area contributed by atoms with E-state index in [4.69, 9.17) is 0 Å². The Labute approximate surface area is 166 Å². The number of aliphatic hydroxyl groups is 1. The van der Waals surface area contributed by atoms with E-state index in [1.54, 1.807) is 0 Å². The Bertz CT molecular complexity index is 866. The molecule has 2 atom stereocenters. The van der Waals surface area contributed by atoms with E-state index in [0.717, 1.165) is 35.7 Å². The Balaban J connectivity index is 1.48. The van der Waals surface area contributed by atoms with Crippen LogP contribution >= 0.6 is 0 Å². The lowest BCUT2D eigenvalue weighted by molar-refractivity contribution is 0.198. The number of azo groups is 1. The summed E-state index contributed by atoms with van der Waals surface area (Å²) in [6.45, 7) is 1.60. The zero-order valence-corrected chi connectivity index (χ0v) is 16.9. The van der Waals surface area contributed by atoms with Gasteiger partial charge in [-0.2, -0.15) is 5.11 Å². The summed E-state index contributed by atoms with van der Waals surface area (Å²) in [6, 6.07) is 14.5. The van der Waals surface area contributed by atoms with E-state index in [1.165, 1.54) is 5.69 Å². The molecule has 2 aromatic carbocycles. The van der Waals surface area contributed by atoms with E-state index in [9.17, 15) is 5.11 Å². The third-order valence-corrected chi connectivity index (χ3v) is 5.58. The van der Waals surface area contributed by atoms with Crippen LogP contribution in [0.15, 0.2) is 52.7 Å². The van der Waals surface area contributed by atoms with Gasteiger partial charge < -0.3 is 24.7 Å². The molecule has 1 fully saturated rings. The average molecular weight is 380 g/mol. The molecule has 1 N–H and O–H groups in total. The summed E-state index contributed by atoms with van der Waals surface area (Å²) in [6.07, 6.45) is 0.445. The van der Waals surface area contributed by atoms with E-state index in [2.05, 4.69) is 48.0 Å². The molecule has 2 unspecified atom stereocenters. The van der Waals surface area contributed by atoms with Gasteiger partial charge in [-0.25, -0.2) is 0 Å². The molecule has 0 aromatic heterocycles. The van der Waals surface area contributed by atoms with Gasteiger partial charge in [-0.15, -0.1) is 5.11 Å². The van der Waals surface area contributed by atoms with Crippen molar-refractivity contribution in [3.05, 3.63) is 42.5 Å². The zero-order valence-electron chi connectivity index (χ0n) is 16.9. The van der Waals surface area contributed by atoms with Gasteiger partial charge in [0.05, 0.1) is 23.2 Å². The summed E-state index contributed by atoms with van der Waals surface area (Å²) in [7, 11) is 8.19. The Morgan fingerprint density at radius 1 is 1.00 bits per heavy atom. The first kappa shape index (κ1) is 18.6. The molecule has 0 aliphatic carbocycles. The second kappa shape index (κ2) is 7.31. The van der Waals surface area contributed by atoms with Crippen LogP contribution in [0.5, 0.6) is 0 Å². The van der Waals surface area contributed by atoms with E-state index >= 15 is 0 Å². The minimum Gasteiger partial charge on any atom is -0.391 e. The molecule has 2 aliphatic heterocycles. The molecule has 148 valence electrons. The van der Waals surface area contributed by atoms with E-state index in [1.807, 2.05) is 52.5 Å². The second-order valence-corrected chi connectivity index (χ2v) is 7.76. The second-order valence-electron chi connectivity index (χ2n) is 7.76. The molecule has 0 bridgehead atoms. The molecule has 2 heterocycles. The number of fused-ring (bicyclic) bond motifs is 1. The monoisotopic (exact) mass is 380 g/mol. The van der Waals surface area contributed by atoms with Crippen molar-refractivity contribution in [2.24, 2.45) is 10.2 Å². The number of β-amino-alcohol motifs (C(OH)–C–C–N with tert-alkyl or cyclic N) is 1. The predicted octanol–water partition coefficient (Wildman–Crippen LogP) is 3.28. The molecule has 0 radical (unpaired) electrons. The first-order valence-corrected chi connectivity index (χ1v) is 9.65. The highest BCUT2D eigenvalue weighted by Crippen LogP contribution is 2.40. The lowest BCUT2D eigenvalue weighted by Crippen LogP contribution is -2.36. The standard InChI is InChI=1S/C21H28N6O/c1-24(2)17-9-10-19-20(13-17)26(4)21(25(19)3)23-22-15-5-7-16(8-6-15)27-12-11-18(28)14-27/h5-10,13,18,21,28H,11-12,14H2,1-4H3. The van der Waals surface area contributed by atoms with E-state index in [0.29, 0.717) is 6.54 Å². The van der Waals surface area contributed by atoms with E-state index in [-0.39, 0.29) is 12.4 Å². The van der Waals surface area contributed by atoms with Crippen LogP contribution in [0.2, 0.25) is 0 Å². The maximum atomic E-state index is 9.71. The largest absolute Gasteiger partial charge is 0.391 e. The van der Waals surface area contributed by atoms with Gasteiger partial charge in [0.15, 0.2) is 0 Å². The predicted molar refractivity (Wildman–Crippen MR) is 115 cm³/mol. The molecular weight excluding hydrogens is 352 g/mol. The molecule has 2 aliphatic rings. The van der Waals surface area contributed by atoms with Crippen molar-refractivity contribution >= 4 is 28.4 Å². The van der Waals surface area contributed by atoms with Crippen LogP contribution in [0.4, 0.5) is 28.4 Å². The number of aliphatic hydroxyl groups excluding tert-OH is 1. The summed E-state index contributed by atoms with van der Waals surface area (Å²) >= 11 is 0. The van der Waals surface area contributed by atoms with Gasteiger partial charge in [0, 0.05) is 52.7 Å². The molecular formula is C21H28N6O. The molecule has 0 saturated carbocycles. The smallest absolute Gasteiger partial charge is 0.218 e. The van der Waals surface area contributed by atoms with Gasteiger partial charge in [0.2, 0.25) is 6.29 Å². The third-order valence-electron chi connectivity index (χ3n) is 5.58. The molecule has 0 spiro atoms. The summed E-state index contributed by atoms with van der Waals surface area (Å²) in [4.78, 5) is 8.58. The number of nitrogens with zero attached hydrogens (tertiary/aromatic N) is 6. The van der Waals surface area contributed by atoms with Crippen molar-refractivity contribution in [3.8, 4) is 0 Å². The molecule has 1 saturated heterocycles. The van der Waals surface area contributed by atoms with Gasteiger partial charge in [0.25, 0.3) is 0 Å². The van der Waals surface area contributed by atoms with Crippen molar-refractivity contribution < 1.29 is 5.11 Å². The van der Waals surface area contributed by atoms with Crippen molar-refractivity contribution in [2.45, 2.75) is 18.8 Å². The van der Waals surface area contributed by atoms with Gasteiger partial charge >= 0.3 is 0 Å². The van der Waals surface area contributed by atoms with Crippen LogP contribution in [0.1, 0.15) is 6.42 Å². The highest BCUT2D eigenvalue weighted by molar-refractivity contribution is 5.80. The summed E-state index contributed by atoms with van der Waals surface area (Å²) in [5, 5.41) is 18.8. The van der Waals surface area contributed by atoms with Crippen LogP contribution in [0.25, 0.3) is 0 Å². The average Bonchev–Trinajstić information content (AvgIpc) is 3.23. The van der Waals surface area contributed by atoms with Gasteiger partial charge in [-0.1, -0.05) is 0 Å². The van der Waals surface area contributed by atoms with Crippen LogP contribution in [0.3, 0.4) is 0 Å². The first-order chi connectivity index (χ1) is 13.4. The van der Waals surface area contributed by atoms with Crippen molar-refractivity contribution in [1.29, 1.82) is 0 Å². The van der Waals surface area contributed by atoms with Gasteiger partial charge in [-0.05, 0) is 48.9 Å². The summed E-state index contributed by atoms with van der Waals surface area (Å²) < 4.78 is 0. The fourth-order valence-electron chi connectivity index (χ4n) is 3.86. The quantitative estimate of drug-likeness (QED) is 0.825. The molecule has 7 heteroatoms. The Morgan fingerprint density at radius 3 is 2.36 bits per heavy atom. The topological polar surface area (TPSA) is 57.9 Å². The lowest BCUT2D eigenvalue weighted by Gasteiger charge is -2.22. The molecule has 7 nitrogen and oxygen atoms in total. The minimum atomic E-state index is -0.220. The van der Waals surface area contributed by atoms with Gasteiger partial charge in [-0.3, -0.25) is 0 Å². The molecule has 4 rings (SSSR count). The van der Waals surface area contributed by atoms with E-state index < -0.39 is 0 Å². The number of hydrogen-bond donors (Lipinski definition) is 1. The normalized spacial score (nSPS) is 21.7. The van der Waals surface area contributed by atoms with Crippen LogP contribution in [0, 0.1) is 0 Å². The Morgan fingerprint density at radius 2 is 1.71 bits per heavy atom. The number of hydrogen-bond acceptors (Lipinski definition) is 7. The van der Waals surface area contributed by atoms with Crippen molar-refractivity contribution in [3.63, 3.8) is 0 Å². The molecule has 28 heavy (non-hydrogen) atoms. The first-order valence-electron chi connectivity index (χ1n) is 9.65. The maximum Gasteiger partial charge on any atom is 0.218 e. The van der Waals surface area contributed by atoms with Gasteiger partial charge in [0.1, 0.15) is 0 Å². The highest BCUT2D eigenvalue weighted by Gasteiger charge is 2.31. The maximum absolute atomic E-state index is 9.71. The lowest BCUT2D eigenvalue weighted by atomic mass is 10.2. The number of rotatable bonds is 4. The Hall–Kier alpha value is -2.80. The Kier molecular flexibility index (Phi) is 4.85. The number of benzene rings is 2. The highest BCUT2D eigenvalue weighted by atomic mass is 16.3. The fraction of sp³-hybridized carbons (Fsp3) is 0.429. The number of anilines is 4. The van der Waals surface area contributed by atoms with Crippen LogP contribution < -0.4 is 19.6 Å².